The zero-order valence-corrected chi connectivity index (χ0v) is 14.9. The maximum Gasteiger partial charge on any atom is 0.293 e. The number of amides is 3. The maximum atomic E-state index is 12.4. The average Bonchev–Trinajstić information content (AvgIpc) is 3.34. The Bertz CT molecular complexity index is 806. The number of carbonyl (C=O) groups excluding carboxylic acids is 3. The lowest BCUT2D eigenvalue weighted by Crippen LogP contribution is -2.40. The van der Waals surface area contributed by atoms with Crippen LogP contribution in [0.15, 0.2) is 41.6 Å². The van der Waals surface area contributed by atoms with E-state index in [0.717, 1.165) is 30.2 Å². The molecule has 6 nitrogen and oxygen atoms in total. The van der Waals surface area contributed by atoms with Gasteiger partial charge in [0.05, 0.1) is 4.91 Å². The number of allylic oxidation sites excluding steroid dienone is 2. The van der Waals surface area contributed by atoms with Gasteiger partial charge in [0.2, 0.25) is 5.91 Å². The molecular weight excluding hydrogens is 350 g/mol. The number of fused-ring (bicyclic) bond motifs is 2. The number of rotatable bonds is 5. The van der Waals surface area contributed by atoms with Crippen LogP contribution in [0.5, 0.6) is 0 Å². The molecule has 1 aromatic rings. The molecule has 134 valence electrons. The largest absolute Gasteiger partial charge is 0.354 e. The number of hydrogen-bond acceptors (Lipinski definition) is 5. The van der Waals surface area contributed by atoms with Gasteiger partial charge in [-0.2, -0.15) is 0 Å². The van der Waals surface area contributed by atoms with Crippen molar-refractivity contribution in [3.63, 3.8) is 0 Å². The summed E-state index contributed by atoms with van der Waals surface area (Å²) in [5.74, 6) is 0.625. The lowest BCUT2D eigenvalue weighted by Gasteiger charge is -2.19. The molecular formula is C19H19N3O3S. The summed E-state index contributed by atoms with van der Waals surface area (Å²) in [6.45, 7) is 0.478. The Labute approximate surface area is 155 Å². The standard InChI is InChI=1S/C19H19N3O3S/c23-17(15-9-12-3-4-14(15)8-12)21-6-7-22-18(24)16(26-19(22)25)10-13-2-1-5-20-11-13/h1-5,10-12,14-15H,6-9H2,(H,21,23). The fraction of sp³-hybridized carbons (Fsp3) is 0.368. The zero-order valence-electron chi connectivity index (χ0n) is 14.1. The summed E-state index contributed by atoms with van der Waals surface area (Å²) < 4.78 is 0. The Kier molecular flexibility index (Phi) is 4.63. The van der Waals surface area contributed by atoms with Crippen LogP contribution in [-0.4, -0.2) is 40.0 Å². The third kappa shape index (κ3) is 3.31. The second-order valence-electron chi connectivity index (χ2n) is 6.80. The molecule has 7 heteroatoms. The van der Waals surface area contributed by atoms with Crippen molar-refractivity contribution in [1.29, 1.82) is 0 Å². The predicted molar refractivity (Wildman–Crippen MR) is 98.8 cm³/mol. The number of carbonyl (C=O) groups is 3. The predicted octanol–water partition coefficient (Wildman–Crippen LogP) is 2.45. The molecule has 2 fully saturated rings. The monoisotopic (exact) mass is 369 g/mol. The van der Waals surface area contributed by atoms with E-state index < -0.39 is 0 Å². The van der Waals surface area contributed by atoms with Crippen LogP contribution in [-0.2, 0) is 9.59 Å². The molecule has 0 spiro atoms. The maximum absolute atomic E-state index is 12.4. The van der Waals surface area contributed by atoms with E-state index in [9.17, 15) is 14.4 Å². The van der Waals surface area contributed by atoms with E-state index in [-0.39, 0.29) is 36.1 Å². The van der Waals surface area contributed by atoms with Gasteiger partial charge in [-0.15, -0.1) is 0 Å². The van der Waals surface area contributed by atoms with Gasteiger partial charge in [0.15, 0.2) is 0 Å². The Morgan fingerprint density at radius 1 is 1.35 bits per heavy atom. The summed E-state index contributed by atoms with van der Waals surface area (Å²) in [5, 5.41) is 2.58. The molecule has 3 amide bonds. The third-order valence-electron chi connectivity index (χ3n) is 5.11. The number of nitrogens with one attached hydrogen (secondary N) is 1. The first-order valence-corrected chi connectivity index (χ1v) is 9.55. The summed E-state index contributed by atoms with van der Waals surface area (Å²) in [6, 6.07) is 3.60. The molecule has 4 rings (SSSR count). The first-order valence-electron chi connectivity index (χ1n) is 8.73. The van der Waals surface area contributed by atoms with E-state index in [1.807, 2.05) is 6.07 Å². The van der Waals surface area contributed by atoms with Gasteiger partial charge >= 0.3 is 0 Å². The number of aromatic nitrogens is 1. The highest BCUT2D eigenvalue weighted by atomic mass is 32.2. The number of thioether (sulfide) groups is 1. The molecule has 0 aromatic carbocycles. The summed E-state index contributed by atoms with van der Waals surface area (Å²) in [4.78, 5) is 42.4. The lowest BCUT2D eigenvalue weighted by molar-refractivity contribution is -0.127. The fourth-order valence-electron chi connectivity index (χ4n) is 3.81. The van der Waals surface area contributed by atoms with Gasteiger partial charge in [0, 0.05) is 31.4 Å². The third-order valence-corrected chi connectivity index (χ3v) is 6.01. The van der Waals surface area contributed by atoms with Crippen LogP contribution in [0.1, 0.15) is 18.4 Å². The first kappa shape index (κ1) is 17.0. The number of imide groups is 1. The first-order chi connectivity index (χ1) is 12.6. The number of pyridine rings is 1. The van der Waals surface area contributed by atoms with Crippen molar-refractivity contribution in [2.24, 2.45) is 17.8 Å². The van der Waals surface area contributed by atoms with Crippen LogP contribution in [0.3, 0.4) is 0 Å². The number of hydrogen-bond donors (Lipinski definition) is 1. The van der Waals surface area contributed by atoms with Crippen molar-refractivity contribution in [1.82, 2.24) is 15.2 Å². The molecule has 3 atom stereocenters. The Morgan fingerprint density at radius 3 is 2.92 bits per heavy atom. The molecule has 2 bridgehead atoms. The van der Waals surface area contributed by atoms with Crippen LogP contribution < -0.4 is 5.32 Å². The van der Waals surface area contributed by atoms with E-state index >= 15 is 0 Å². The minimum absolute atomic E-state index is 0.0275. The van der Waals surface area contributed by atoms with Crippen molar-refractivity contribution >= 4 is 34.9 Å². The second kappa shape index (κ2) is 7.07. The van der Waals surface area contributed by atoms with Crippen molar-refractivity contribution in [2.75, 3.05) is 13.1 Å². The number of nitrogens with zero attached hydrogens (tertiary/aromatic N) is 2. The van der Waals surface area contributed by atoms with Crippen molar-refractivity contribution in [3.05, 3.63) is 47.1 Å². The van der Waals surface area contributed by atoms with Crippen LogP contribution in [0.25, 0.3) is 6.08 Å². The minimum Gasteiger partial charge on any atom is -0.354 e. The summed E-state index contributed by atoms with van der Waals surface area (Å²) in [6.07, 6.45) is 11.3. The molecule has 1 saturated carbocycles. The van der Waals surface area contributed by atoms with Gasteiger partial charge in [-0.05, 0) is 54.1 Å². The van der Waals surface area contributed by atoms with Gasteiger partial charge in [-0.3, -0.25) is 24.3 Å². The summed E-state index contributed by atoms with van der Waals surface area (Å²) in [7, 11) is 0. The van der Waals surface area contributed by atoms with E-state index in [1.54, 1.807) is 24.5 Å². The molecule has 1 N–H and O–H groups in total. The second-order valence-corrected chi connectivity index (χ2v) is 7.79. The average molecular weight is 369 g/mol. The van der Waals surface area contributed by atoms with Crippen molar-refractivity contribution in [2.45, 2.75) is 12.8 Å². The van der Waals surface area contributed by atoms with Gasteiger partial charge in [0.1, 0.15) is 0 Å². The Hall–Kier alpha value is -2.41. The molecule has 0 radical (unpaired) electrons. The molecule has 2 aliphatic carbocycles. The van der Waals surface area contributed by atoms with E-state index in [0.29, 0.717) is 16.7 Å². The lowest BCUT2D eigenvalue weighted by atomic mass is 9.93. The fourth-order valence-corrected chi connectivity index (χ4v) is 4.67. The van der Waals surface area contributed by atoms with Gasteiger partial charge in [0.25, 0.3) is 11.1 Å². The smallest absolute Gasteiger partial charge is 0.293 e. The molecule has 1 saturated heterocycles. The van der Waals surface area contributed by atoms with E-state index in [1.165, 1.54) is 4.90 Å². The zero-order chi connectivity index (χ0) is 18.1. The molecule has 1 aromatic heterocycles. The van der Waals surface area contributed by atoms with Crippen LogP contribution in [0.4, 0.5) is 4.79 Å². The highest BCUT2D eigenvalue weighted by molar-refractivity contribution is 8.18. The van der Waals surface area contributed by atoms with Crippen LogP contribution in [0, 0.1) is 17.8 Å². The molecule has 3 aliphatic rings. The minimum atomic E-state index is -0.319. The van der Waals surface area contributed by atoms with Crippen LogP contribution >= 0.6 is 11.8 Å². The quantitative estimate of drug-likeness (QED) is 0.637. The molecule has 3 unspecified atom stereocenters. The van der Waals surface area contributed by atoms with E-state index in [4.69, 9.17) is 0 Å². The van der Waals surface area contributed by atoms with Gasteiger partial charge in [-0.1, -0.05) is 18.2 Å². The molecule has 2 heterocycles. The van der Waals surface area contributed by atoms with Crippen LogP contribution in [0.2, 0.25) is 0 Å². The topological polar surface area (TPSA) is 79.4 Å². The molecule has 26 heavy (non-hydrogen) atoms. The SMILES string of the molecule is O=C(NCCN1C(=O)SC(=Cc2cccnc2)C1=O)C1CC2C=CC1C2. The van der Waals surface area contributed by atoms with Gasteiger partial charge < -0.3 is 5.32 Å². The molecule has 1 aliphatic heterocycles. The highest BCUT2D eigenvalue weighted by Gasteiger charge is 2.40. The van der Waals surface area contributed by atoms with Crippen molar-refractivity contribution < 1.29 is 14.4 Å². The summed E-state index contributed by atoms with van der Waals surface area (Å²) in [5.41, 5.74) is 0.774. The normalized spacial score (nSPS) is 28.4. The van der Waals surface area contributed by atoms with Crippen molar-refractivity contribution in [3.8, 4) is 0 Å². The van der Waals surface area contributed by atoms with Gasteiger partial charge in [-0.25, -0.2) is 0 Å². The Morgan fingerprint density at radius 2 is 2.23 bits per heavy atom. The summed E-state index contributed by atoms with van der Waals surface area (Å²) >= 11 is 0.920. The highest BCUT2D eigenvalue weighted by Crippen LogP contribution is 2.43. The Balaban J connectivity index is 1.31. The van der Waals surface area contributed by atoms with E-state index in [2.05, 4.69) is 22.5 Å².